The van der Waals surface area contributed by atoms with Crippen molar-refractivity contribution in [2.75, 3.05) is 37.8 Å². The number of allylic oxidation sites excluding steroid dienone is 1. The number of nitrogens with zero attached hydrogens (tertiary/aromatic N) is 2. The molecule has 0 N–H and O–H groups in total. The standard InChI is InChI=1S/C23H21FN2O5/c1-15(27)26-19-5-3-2-4-17(19)23(29)20(26)13-16-6-7-21(18(24)12-16)31-14-22(28)25-8-10-30-11-9-25/h2-7,12-13H,8-11,14H2,1H3/b20-13-. The molecule has 1 fully saturated rings. The van der Waals surface area contributed by atoms with Gasteiger partial charge >= 0.3 is 0 Å². The van der Waals surface area contributed by atoms with Crippen molar-refractivity contribution in [1.29, 1.82) is 0 Å². The fourth-order valence-corrected chi connectivity index (χ4v) is 3.62. The molecule has 0 atom stereocenters. The Balaban J connectivity index is 1.51. The van der Waals surface area contributed by atoms with Crippen LogP contribution in [0.15, 0.2) is 48.2 Å². The Morgan fingerprint density at radius 2 is 1.90 bits per heavy atom. The number of fused-ring (bicyclic) bond motifs is 1. The zero-order valence-electron chi connectivity index (χ0n) is 17.0. The van der Waals surface area contributed by atoms with E-state index in [-0.39, 0.29) is 35.7 Å². The third kappa shape index (κ3) is 4.20. The highest BCUT2D eigenvalue weighted by molar-refractivity contribution is 6.26. The van der Waals surface area contributed by atoms with Gasteiger partial charge in [0.05, 0.1) is 24.6 Å². The second-order valence-electron chi connectivity index (χ2n) is 7.20. The summed E-state index contributed by atoms with van der Waals surface area (Å²) in [4.78, 5) is 40.0. The molecule has 1 saturated heterocycles. The van der Waals surface area contributed by atoms with E-state index in [1.165, 1.54) is 30.0 Å². The summed E-state index contributed by atoms with van der Waals surface area (Å²) < 4.78 is 25.1. The average Bonchev–Trinajstić information content (AvgIpc) is 3.05. The van der Waals surface area contributed by atoms with Crippen LogP contribution in [0.1, 0.15) is 22.8 Å². The average molecular weight is 424 g/mol. The van der Waals surface area contributed by atoms with Gasteiger partial charge in [-0.05, 0) is 35.9 Å². The predicted molar refractivity (Wildman–Crippen MR) is 111 cm³/mol. The Kier molecular flexibility index (Phi) is 5.81. The minimum absolute atomic E-state index is 0.0618. The molecule has 2 aliphatic rings. The van der Waals surface area contributed by atoms with Gasteiger partial charge < -0.3 is 14.4 Å². The van der Waals surface area contributed by atoms with Crippen LogP contribution in [0, 0.1) is 5.82 Å². The molecule has 4 rings (SSSR count). The van der Waals surface area contributed by atoms with Crippen LogP contribution in [0.25, 0.3) is 6.08 Å². The number of carbonyl (C=O) groups excluding carboxylic acids is 3. The minimum atomic E-state index is -0.665. The number of rotatable bonds is 4. The largest absolute Gasteiger partial charge is 0.481 e. The zero-order chi connectivity index (χ0) is 22.0. The molecule has 31 heavy (non-hydrogen) atoms. The first-order valence-corrected chi connectivity index (χ1v) is 9.89. The highest BCUT2D eigenvalue weighted by Gasteiger charge is 2.34. The van der Waals surface area contributed by atoms with Crippen molar-refractivity contribution in [1.82, 2.24) is 4.90 Å². The summed E-state index contributed by atoms with van der Waals surface area (Å²) in [5, 5.41) is 0. The number of amides is 2. The summed E-state index contributed by atoms with van der Waals surface area (Å²) in [5.41, 5.74) is 1.48. The molecular weight excluding hydrogens is 403 g/mol. The van der Waals surface area contributed by atoms with Crippen molar-refractivity contribution in [3.63, 3.8) is 0 Å². The Morgan fingerprint density at radius 3 is 2.61 bits per heavy atom. The van der Waals surface area contributed by atoms with E-state index in [9.17, 15) is 18.8 Å². The Bertz CT molecular complexity index is 1080. The molecule has 160 valence electrons. The number of ether oxygens (including phenoxy) is 2. The summed E-state index contributed by atoms with van der Waals surface area (Å²) in [6, 6.07) is 11.0. The number of morpholine rings is 1. The zero-order valence-corrected chi connectivity index (χ0v) is 17.0. The van der Waals surface area contributed by atoms with E-state index in [4.69, 9.17) is 9.47 Å². The van der Waals surface area contributed by atoms with E-state index in [2.05, 4.69) is 0 Å². The molecule has 2 amide bonds. The molecule has 0 radical (unpaired) electrons. The maximum atomic E-state index is 14.6. The first-order chi connectivity index (χ1) is 15.0. The quantitative estimate of drug-likeness (QED) is 0.706. The highest BCUT2D eigenvalue weighted by Crippen LogP contribution is 2.35. The summed E-state index contributed by atoms with van der Waals surface area (Å²) in [5.74, 6) is -1.58. The van der Waals surface area contributed by atoms with Crippen LogP contribution in [0.3, 0.4) is 0 Å². The van der Waals surface area contributed by atoms with Gasteiger partial charge in [-0.3, -0.25) is 19.3 Å². The Morgan fingerprint density at radius 1 is 1.16 bits per heavy atom. The number of ketones is 1. The normalized spacial score (nSPS) is 17.1. The number of hydrogen-bond donors (Lipinski definition) is 0. The first-order valence-electron chi connectivity index (χ1n) is 9.89. The maximum Gasteiger partial charge on any atom is 0.260 e. The molecule has 2 aromatic rings. The van der Waals surface area contributed by atoms with Crippen molar-refractivity contribution < 1.29 is 28.2 Å². The van der Waals surface area contributed by atoms with E-state index in [1.54, 1.807) is 35.2 Å². The van der Waals surface area contributed by atoms with Gasteiger partial charge in [-0.15, -0.1) is 0 Å². The summed E-state index contributed by atoms with van der Waals surface area (Å²) in [6.07, 6.45) is 1.47. The van der Waals surface area contributed by atoms with Gasteiger partial charge in [-0.2, -0.15) is 0 Å². The van der Waals surface area contributed by atoms with Crippen LogP contribution in [0.5, 0.6) is 5.75 Å². The number of para-hydroxylation sites is 1. The van der Waals surface area contributed by atoms with Gasteiger partial charge in [-0.25, -0.2) is 4.39 Å². The number of carbonyl (C=O) groups is 3. The lowest BCUT2D eigenvalue weighted by atomic mass is 10.1. The third-order valence-corrected chi connectivity index (χ3v) is 5.15. The topological polar surface area (TPSA) is 76.2 Å². The monoisotopic (exact) mass is 424 g/mol. The molecule has 0 aliphatic carbocycles. The van der Waals surface area contributed by atoms with E-state index in [0.29, 0.717) is 43.1 Å². The van der Waals surface area contributed by atoms with Crippen molar-refractivity contribution in [2.45, 2.75) is 6.92 Å². The summed E-state index contributed by atoms with van der Waals surface area (Å²) in [7, 11) is 0. The molecule has 0 unspecified atom stereocenters. The number of hydrogen-bond acceptors (Lipinski definition) is 5. The SMILES string of the molecule is CC(=O)N1/C(=C\c2ccc(OCC(=O)N3CCOCC3)c(F)c2)C(=O)c2ccccc21. The van der Waals surface area contributed by atoms with Crippen molar-refractivity contribution in [3.05, 3.63) is 65.1 Å². The molecule has 0 saturated carbocycles. The predicted octanol–water partition coefficient (Wildman–Crippen LogP) is 2.65. The first kappa shape index (κ1) is 20.7. The minimum Gasteiger partial charge on any atom is -0.481 e. The van der Waals surface area contributed by atoms with Crippen LogP contribution < -0.4 is 9.64 Å². The van der Waals surface area contributed by atoms with E-state index < -0.39 is 5.82 Å². The molecule has 2 heterocycles. The number of halogens is 1. The maximum absolute atomic E-state index is 14.6. The lowest BCUT2D eigenvalue weighted by molar-refractivity contribution is -0.137. The van der Waals surface area contributed by atoms with E-state index in [0.717, 1.165) is 0 Å². The van der Waals surface area contributed by atoms with Gasteiger partial charge in [0, 0.05) is 25.6 Å². The van der Waals surface area contributed by atoms with Crippen molar-refractivity contribution >= 4 is 29.4 Å². The summed E-state index contributed by atoms with van der Waals surface area (Å²) in [6.45, 7) is 3.02. The Labute approximate surface area is 178 Å². The van der Waals surface area contributed by atoms with Crippen molar-refractivity contribution in [2.24, 2.45) is 0 Å². The Hall–Kier alpha value is -3.52. The lowest BCUT2D eigenvalue weighted by Crippen LogP contribution is -2.43. The fourth-order valence-electron chi connectivity index (χ4n) is 3.62. The van der Waals surface area contributed by atoms with Gasteiger partial charge in [0.1, 0.15) is 0 Å². The molecule has 0 aromatic heterocycles. The number of anilines is 1. The third-order valence-electron chi connectivity index (χ3n) is 5.15. The van der Waals surface area contributed by atoms with Gasteiger partial charge in [0.25, 0.3) is 5.91 Å². The molecule has 0 bridgehead atoms. The van der Waals surface area contributed by atoms with Gasteiger partial charge in [0.2, 0.25) is 11.7 Å². The number of Topliss-reactive ketones (excluding diaryl/α,β-unsaturated/α-hetero) is 1. The van der Waals surface area contributed by atoms with Crippen LogP contribution in [0.4, 0.5) is 10.1 Å². The van der Waals surface area contributed by atoms with Crippen molar-refractivity contribution in [3.8, 4) is 5.75 Å². The van der Waals surface area contributed by atoms with Crippen LogP contribution in [-0.4, -0.2) is 55.4 Å². The van der Waals surface area contributed by atoms with E-state index in [1.807, 2.05) is 0 Å². The molecule has 8 heteroatoms. The molecule has 2 aromatic carbocycles. The fraction of sp³-hybridized carbons (Fsp3) is 0.261. The molecule has 2 aliphatic heterocycles. The molecule has 7 nitrogen and oxygen atoms in total. The number of benzene rings is 2. The van der Waals surface area contributed by atoms with Gasteiger partial charge in [-0.1, -0.05) is 18.2 Å². The second-order valence-corrected chi connectivity index (χ2v) is 7.20. The van der Waals surface area contributed by atoms with Crippen LogP contribution in [0.2, 0.25) is 0 Å². The smallest absolute Gasteiger partial charge is 0.260 e. The second kappa shape index (κ2) is 8.69. The lowest BCUT2D eigenvalue weighted by Gasteiger charge is -2.26. The van der Waals surface area contributed by atoms with Crippen LogP contribution >= 0.6 is 0 Å². The molecular formula is C23H21FN2O5. The summed E-state index contributed by atoms with van der Waals surface area (Å²) >= 11 is 0. The molecule has 0 spiro atoms. The van der Waals surface area contributed by atoms with Gasteiger partial charge in [0.15, 0.2) is 18.2 Å². The highest BCUT2D eigenvalue weighted by atomic mass is 19.1. The van der Waals surface area contributed by atoms with E-state index >= 15 is 0 Å². The van der Waals surface area contributed by atoms with Crippen LogP contribution in [-0.2, 0) is 14.3 Å².